The molecule has 0 unspecified atom stereocenters. The second kappa shape index (κ2) is 7.01. The van der Waals surface area contributed by atoms with Crippen LogP contribution in [-0.4, -0.2) is 30.4 Å². The highest BCUT2D eigenvalue weighted by Crippen LogP contribution is 2.04. The normalized spacial score (nSPS) is 16.0. The van der Waals surface area contributed by atoms with Crippen LogP contribution >= 0.6 is 0 Å². The molecule has 1 amide bonds. The van der Waals surface area contributed by atoms with Gasteiger partial charge in [0, 0.05) is 19.6 Å². The second-order valence-corrected chi connectivity index (χ2v) is 3.55. The third kappa shape index (κ3) is 4.03. The van der Waals surface area contributed by atoms with Crippen molar-refractivity contribution in [2.45, 2.75) is 20.4 Å². The number of piperazine rings is 1. The Morgan fingerprint density at radius 3 is 2.56 bits per heavy atom. The summed E-state index contributed by atoms with van der Waals surface area (Å²) in [6, 6.07) is 10.2. The van der Waals surface area contributed by atoms with Crippen LogP contribution in [0.25, 0.3) is 0 Å². The number of rotatable bonds is 2. The highest BCUT2D eigenvalue weighted by atomic mass is 16.2. The van der Waals surface area contributed by atoms with Crippen molar-refractivity contribution in [2.24, 2.45) is 0 Å². The van der Waals surface area contributed by atoms with Crippen LogP contribution in [0.3, 0.4) is 0 Å². The molecule has 1 aliphatic rings. The lowest BCUT2D eigenvalue weighted by Gasteiger charge is -2.26. The summed E-state index contributed by atoms with van der Waals surface area (Å²) in [4.78, 5) is 13.3. The Morgan fingerprint density at radius 2 is 1.94 bits per heavy atom. The van der Waals surface area contributed by atoms with Gasteiger partial charge in [0.05, 0.1) is 6.54 Å². The summed E-state index contributed by atoms with van der Waals surface area (Å²) in [5.74, 6) is 0.132. The molecule has 1 fully saturated rings. The van der Waals surface area contributed by atoms with Gasteiger partial charge in [0.25, 0.3) is 0 Å². The summed E-state index contributed by atoms with van der Waals surface area (Å²) in [6.45, 7) is 7.11. The molecular formula is C13H20N2O. The van der Waals surface area contributed by atoms with Gasteiger partial charge in [-0.3, -0.25) is 9.69 Å². The zero-order chi connectivity index (χ0) is 11.8. The van der Waals surface area contributed by atoms with Gasteiger partial charge in [-0.2, -0.15) is 0 Å². The van der Waals surface area contributed by atoms with Gasteiger partial charge >= 0.3 is 0 Å². The van der Waals surface area contributed by atoms with Gasteiger partial charge in [0.1, 0.15) is 0 Å². The third-order valence-electron chi connectivity index (χ3n) is 2.37. The van der Waals surface area contributed by atoms with Crippen molar-refractivity contribution in [1.82, 2.24) is 10.2 Å². The average Bonchev–Trinajstić information content (AvgIpc) is 2.33. The zero-order valence-electron chi connectivity index (χ0n) is 10.1. The Morgan fingerprint density at radius 1 is 1.25 bits per heavy atom. The van der Waals surface area contributed by atoms with Gasteiger partial charge in [0.15, 0.2) is 0 Å². The number of hydrogen-bond donors (Lipinski definition) is 1. The number of hydrogen-bond acceptors (Lipinski definition) is 2. The maximum atomic E-state index is 11.1. The first kappa shape index (κ1) is 12.7. The molecule has 0 bridgehead atoms. The molecule has 0 saturated carbocycles. The molecule has 3 heteroatoms. The van der Waals surface area contributed by atoms with E-state index >= 15 is 0 Å². The van der Waals surface area contributed by atoms with Gasteiger partial charge in [-0.05, 0) is 5.56 Å². The third-order valence-corrected chi connectivity index (χ3v) is 2.37. The summed E-state index contributed by atoms with van der Waals surface area (Å²) < 4.78 is 0. The van der Waals surface area contributed by atoms with E-state index in [1.54, 1.807) is 0 Å². The molecule has 88 valence electrons. The molecule has 3 nitrogen and oxygen atoms in total. The number of carbonyl (C=O) groups excluding carboxylic acids is 1. The molecule has 1 heterocycles. The molecule has 1 N–H and O–H groups in total. The van der Waals surface area contributed by atoms with Crippen LogP contribution in [0.15, 0.2) is 30.3 Å². The molecule has 16 heavy (non-hydrogen) atoms. The lowest BCUT2D eigenvalue weighted by atomic mass is 10.2. The van der Waals surface area contributed by atoms with E-state index in [0.29, 0.717) is 6.54 Å². The van der Waals surface area contributed by atoms with E-state index in [1.807, 2.05) is 32.0 Å². The summed E-state index contributed by atoms with van der Waals surface area (Å²) in [7, 11) is 0. The number of carbonyl (C=O) groups is 1. The van der Waals surface area contributed by atoms with Crippen LogP contribution in [0.5, 0.6) is 0 Å². The average molecular weight is 220 g/mol. The lowest BCUT2D eigenvalue weighted by Crippen LogP contribution is -2.47. The summed E-state index contributed by atoms with van der Waals surface area (Å²) >= 11 is 0. The maximum absolute atomic E-state index is 11.1. The standard InChI is InChI=1S/C11H14N2O.C2H6/c14-11-9-13(7-6-12-11)8-10-4-2-1-3-5-10;1-2/h1-5H,6-9H2,(H,12,14);1-2H3. The molecule has 0 radical (unpaired) electrons. The summed E-state index contributed by atoms with van der Waals surface area (Å²) in [6.07, 6.45) is 0. The van der Waals surface area contributed by atoms with Crippen molar-refractivity contribution in [2.75, 3.05) is 19.6 Å². The Labute approximate surface area is 97.5 Å². The SMILES string of the molecule is CC.O=C1CN(Cc2ccccc2)CCN1. The Kier molecular flexibility index (Phi) is 5.57. The monoisotopic (exact) mass is 220 g/mol. The lowest BCUT2D eigenvalue weighted by molar-refractivity contribution is -0.124. The van der Waals surface area contributed by atoms with Crippen molar-refractivity contribution in [3.63, 3.8) is 0 Å². The molecule has 0 aliphatic carbocycles. The van der Waals surface area contributed by atoms with E-state index < -0.39 is 0 Å². The van der Waals surface area contributed by atoms with Gasteiger partial charge in [-0.25, -0.2) is 0 Å². The molecule has 1 saturated heterocycles. The molecule has 0 atom stereocenters. The summed E-state index contributed by atoms with van der Waals surface area (Å²) in [5, 5.41) is 2.82. The number of benzene rings is 1. The molecule has 0 spiro atoms. The van der Waals surface area contributed by atoms with Gasteiger partial charge in [0.2, 0.25) is 5.91 Å². The molecular weight excluding hydrogens is 200 g/mol. The Hall–Kier alpha value is -1.35. The zero-order valence-corrected chi connectivity index (χ0v) is 10.1. The highest BCUT2D eigenvalue weighted by Gasteiger charge is 2.15. The highest BCUT2D eigenvalue weighted by molar-refractivity contribution is 5.78. The van der Waals surface area contributed by atoms with Crippen LogP contribution in [0.2, 0.25) is 0 Å². The first-order chi connectivity index (χ1) is 7.84. The predicted molar refractivity (Wildman–Crippen MR) is 66.1 cm³/mol. The van der Waals surface area contributed by atoms with Crippen molar-refractivity contribution in [3.8, 4) is 0 Å². The largest absolute Gasteiger partial charge is 0.354 e. The maximum Gasteiger partial charge on any atom is 0.234 e. The van der Waals surface area contributed by atoms with Gasteiger partial charge in [-0.15, -0.1) is 0 Å². The van der Waals surface area contributed by atoms with Crippen molar-refractivity contribution in [1.29, 1.82) is 0 Å². The van der Waals surface area contributed by atoms with E-state index in [-0.39, 0.29) is 5.91 Å². The van der Waals surface area contributed by atoms with E-state index in [4.69, 9.17) is 0 Å². The smallest absolute Gasteiger partial charge is 0.234 e. The Balaban J connectivity index is 0.000000606. The van der Waals surface area contributed by atoms with E-state index in [9.17, 15) is 4.79 Å². The minimum absolute atomic E-state index is 0.132. The van der Waals surface area contributed by atoms with Crippen molar-refractivity contribution >= 4 is 5.91 Å². The second-order valence-electron chi connectivity index (χ2n) is 3.55. The molecule has 1 aromatic rings. The fourth-order valence-electron chi connectivity index (χ4n) is 1.67. The number of nitrogens with one attached hydrogen (secondary N) is 1. The van der Waals surface area contributed by atoms with Gasteiger partial charge in [-0.1, -0.05) is 44.2 Å². The van der Waals surface area contributed by atoms with E-state index in [0.717, 1.165) is 19.6 Å². The molecule has 2 rings (SSSR count). The van der Waals surface area contributed by atoms with Crippen LogP contribution < -0.4 is 5.32 Å². The fraction of sp³-hybridized carbons (Fsp3) is 0.462. The topological polar surface area (TPSA) is 32.3 Å². The van der Waals surface area contributed by atoms with E-state index in [1.165, 1.54) is 5.56 Å². The minimum atomic E-state index is 0.132. The van der Waals surface area contributed by atoms with E-state index in [2.05, 4.69) is 22.3 Å². The van der Waals surface area contributed by atoms with Crippen molar-refractivity contribution in [3.05, 3.63) is 35.9 Å². The molecule has 0 aromatic heterocycles. The first-order valence-electron chi connectivity index (χ1n) is 5.87. The van der Waals surface area contributed by atoms with Crippen LogP contribution in [0.4, 0.5) is 0 Å². The summed E-state index contributed by atoms with van der Waals surface area (Å²) in [5.41, 5.74) is 1.27. The Bertz CT molecular complexity index is 311. The van der Waals surface area contributed by atoms with Crippen LogP contribution in [0, 0.1) is 0 Å². The molecule has 1 aliphatic heterocycles. The minimum Gasteiger partial charge on any atom is -0.354 e. The number of nitrogens with zero attached hydrogens (tertiary/aromatic N) is 1. The van der Waals surface area contributed by atoms with Crippen LogP contribution in [-0.2, 0) is 11.3 Å². The van der Waals surface area contributed by atoms with Crippen molar-refractivity contribution < 1.29 is 4.79 Å². The fourth-order valence-corrected chi connectivity index (χ4v) is 1.67. The molecule has 1 aromatic carbocycles. The quantitative estimate of drug-likeness (QED) is 0.822. The van der Waals surface area contributed by atoms with Crippen LogP contribution in [0.1, 0.15) is 19.4 Å². The first-order valence-corrected chi connectivity index (χ1v) is 5.87. The number of amides is 1. The van der Waals surface area contributed by atoms with Gasteiger partial charge < -0.3 is 5.32 Å². The predicted octanol–water partition coefficient (Wildman–Crippen LogP) is 1.64.